The number of nitrogens with one attached hydrogen (secondary N) is 2. The zero-order valence-corrected chi connectivity index (χ0v) is 16.7. The third-order valence-corrected chi connectivity index (χ3v) is 4.41. The Morgan fingerprint density at radius 2 is 1.59 bits per heavy atom. The van der Waals surface area contributed by atoms with Gasteiger partial charge in [0.05, 0.1) is 5.69 Å². The molecule has 1 unspecified atom stereocenters. The number of anilines is 1. The minimum atomic E-state index is -0.713. The van der Waals surface area contributed by atoms with Gasteiger partial charge in [-0.25, -0.2) is 0 Å². The fraction of sp³-hybridized carbons (Fsp3) is 0.167. The van der Waals surface area contributed by atoms with E-state index in [0.29, 0.717) is 22.7 Å². The summed E-state index contributed by atoms with van der Waals surface area (Å²) in [5, 5.41) is 5.56. The lowest BCUT2D eigenvalue weighted by molar-refractivity contribution is -0.117. The van der Waals surface area contributed by atoms with Crippen molar-refractivity contribution in [2.45, 2.75) is 26.8 Å². The number of carbonyl (C=O) groups is 2. The lowest BCUT2D eigenvalue weighted by Crippen LogP contribution is -2.41. The van der Waals surface area contributed by atoms with Crippen LogP contribution in [-0.4, -0.2) is 17.9 Å². The van der Waals surface area contributed by atoms with Gasteiger partial charge in [0.15, 0.2) is 5.75 Å². The van der Waals surface area contributed by atoms with Crippen molar-refractivity contribution < 1.29 is 14.3 Å². The predicted molar refractivity (Wildman–Crippen MR) is 114 cm³/mol. The molecular weight excluding hydrogens is 364 g/mol. The van der Waals surface area contributed by atoms with Crippen molar-refractivity contribution in [3.63, 3.8) is 0 Å². The summed E-state index contributed by atoms with van der Waals surface area (Å²) in [4.78, 5) is 25.0. The molecule has 2 amide bonds. The number of aryl methyl sites for hydroxylation is 2. The van der Waals surface area contributed by atoms with Crippen LogP contribution in [0.5, 0.6) is 11.5 Å². The SMILES string of the molecule is Cc1ccc(Oc2ccccc2NC(=O)C(C)NC(=O)c2cccc(C)c2)cc1. The van der Waals surface area contributed by atoms with Crippen LogP contribution >= 0.6 is 0 Å². The summed E-state index contributed by atoms with van der Waals surface area (Å²) in [5.74, 6) is 0.589. The van der Waals surface area contributed by atoms with Crippen LogP contribution in [-0.2, 0) is 4.79 Å². The van der Waals surface area contributed by atoms with Gasteiger partial charge < -0.3 is 15.4 Å². The van der Waals surface area contributed by atoms with E-state index in [4.69, 9.17) is 4.74 Å². The third kappa shape index (κ3) is 5.45. The maximum atomic E-state index is 12.6. The molecular formula is C24H24N2O3. The van der Waals surface area contributed by atoms with Gasteiger partial charge >= 0.3 is 0 Å². The smallest absolute Gasteiger partial charge is 0.251 e. The van der Waals surface area contributed by atoms with Crippen LogP contribution in [0.2, 0.25) is 0 Å². The van der Waals surface area contributed by atoms with Crippen molar-refractivity contribution in [2.24, 2.45) is 0 Å². The first-order chi connectivity index (χ1) is 13.9. The zero-order valence-electron chi connectivity index (χ0n) is 16.7. The van der Waals surface area contributed by atoms with E-state index >= 15 is 0 Å². The molecule has 0 aliphatic heterocycles. The quantitative estimate of drug-likeness (QED) is 0.634. The van der Waals surface area contributed by atoms with Gasteiger partial charge in [-0.1, -0.05) is 47.5 Å². The Morgan fingerprint density at radius 1 is 0.862 bits per heavy atom. The Balaban J connectivity index is 1.67. The Bertz CT molecular complexity index is 1010. The number of ether oxygens (including phenoxy) is 1. The summed E-state index contributed by atoms with van der Waals surface area (Å²) in [5.41, 5.74) is 3.18. The number of amides is 2. The molecule has 5 nitrogen and oxygen atoms in total. The highest BCUT2D eigenvalue weighted by atomic mass is 16.5. The first-order valence-corrected chi connectivity index (χ1v) is 9.44. The summed E-state index contributed by atoms with van der Waals surface area (Å²) < 4.78 is 5.91. The second kappa shape index (κ2) is 9.06. The number of para-hydroxylation sites is 2. The van der Waals surface area contributed by atoms with Crippen molar-refractivity contribution in [1.82, 2.24) is 5.32 Å². The molecule has 2 N–H and O–H groups in total. The maximum absolute atomic E-state index is 12.6. The highest BCUT2D eigenvalue weighted by molar-refractivity contribution is 6.01. The van der Waals surface area contributed by atoms with Crippen LogP contribution in [0.25, 0.3) is 0 Å². The molecule has 5 heteroatoms. The van der Waals surface area contributed by atoms with Crippen molar-refractivity contribution in [2.75, 3.05) is 5.32 Å². The van der Waals surface area contributed by atoms with Gasteiger partial charge in [-0.2, -0.15) is 0 Å². The first-order valence-electron chi connectivity index (χ1n) is 9.44. The lowest BCUT2D eigenvalue weighted by Gasteiger charge is -2.16. The summed E-state index contributed by atoms with van der Waals surface area (Å²) in [6, 6.07) is 21.4. The molecule has 148 valence electrons. The molecule has 3 rings (SSSR count). The van der Waals surface area contributed by atoms with E-state index in [9.17, 15) is 9.59 Å². The van der Waals surface area contributed by atoms with Gasteiger partial charge in [-0.3, -0.25) is 9.59 Å². The molecule has 0 saturated carbocycles. The number of carbonyl (C=O) groups excluding carboxylic acids is 2. The highest BCUT2D eigenvalue weighted by Gasteiger charge is 2.18. The average molecular weight is 388 g/mol. The number of rotatable bonds is 6. The lowest BCUT2D eigenvalue weighted by atomic mass is 10.1. The molecule has 0 aromatic heterocycles. The van der Waals surface area contributed by atoms with Gasteiger partial charge in [0, 0.05) is 5.56 Å². The van der Waals surface area contributed by atoms with Crippen LogP contribution in [0, 0.1) is 13.8 Å². The topological polar surface area (TPSA) is 67.4 Å². The van der Waals surface area contributed by atoms with E-state index in [1.54, 1.807) is 31.2 Å². The second-order valence-electron chi connectivity index (χ2n) is 6.97. The highest BCUT2D eigenvalue weighted by Crippen LogP contribution is 2.29. The molecule has 0 fully saturated rings. The van der Waals surface area contributed by atoms with Crippen molar-refractivity contribution >= 4 is 17.5 Å². The number of benzene rings is 3. The molecule has 0 bridgehead atoms. The minimum Gasteiger partial charge on any atom is -0.455 e. The van der Waals surface area contributed by atoms with Gasteiger partial charge in [-0.15, -0.1) is 0 Å². The molecule has 29 heavy (non-hydrogen) atoms. The standard InChI is InChI=1S/C24H24N2O3/c1-16-11-13-20(14-12-16)29-22-10-5-4-9-21(22)26-23(27)18(3)25-24(28)19-8-6-7-17(2)15-19/h4-15,18H,1-3H3,(H,25,28)(H,26,27). The van der Waals surface area contributed by atoms with E-state index in [-0.39, 0.29) is 11.8 Å². The van der Waals surface area contributed by atoms with Gasteiger partial charge in [-0.05, 0) is 57.2 Å². The fourth-order valence-electron chi connectivity index (χ4n) is 2.76. The van der Waals surface area contributed by atoms with Crippen LogP contribution in [0.4, 0.5) is 5.69 Å². The average Bonchev–Trinajstić information content (AvgIpc) is 2.71. The maximum Gasteiger partial charge on any atom is 0.251 e. The Labute approximate surface area is 170 Å². The normalized spacial score (nSPS) is 11.4. The van der Waals surface area contributed by atoms with Crippen LogP contribution < -0.4 is 15.4 Å². The first kappa shape index (κ1) is 20.1. The van der Waals surface area contributed by atoms with Crippen LogP contribution in [0.15, 0.2) is 72.8 Å². The molecule has 0 spiro atoms. The molecule has 3 aromatic carbocycles. The Morgan fingerprint density at radius 3 is 2.31 bits per heavy atom. The Hall–Kier alpha value is -3.60. The molecule has 0 aliphatic rings. The molecule has 0 saturated heterocycles. The largest absolute Gasteiger partial charge is 0.455 e. The van der Waals surface area contributed by atoms with Gasteiger partial charge in [0.2, 0.25) is 5.91 Å². The molecule has 0 aliphatic carbocycles. The molecule has 0 radical (unpaired) electrons. The van der Waals surface area contributed by atoms with Crippen LogP contribution in [0.1, 0.15) is 28.4 Å². The zero-order chi connectivity index (χ0) is 20.8. The van der Waals surface area contributed by atoms with Crippen molar-refractivity contribution in [3.05, 3.63) is 89.5 Å². The molecule has 1 atom stereocenters. The van der Waals surface area contributed by atoms with Crippen LogP contribution in [0.3, 0.4) is 0 Å². The molecule has 0 heterocycles. The summed E-state index contributed by atoms with van der Waals surface area (Å²) in [6.07, 6.45) is 0. The minimum absolute atomic E-state index is 0.291. The van der Waals surface area contributed by atoms with E-state index in [2.05, 4.69) is 10.6 Å². The third-order valence-electron chi connectivity index (χ3n) is 4.41. The summed E-state index contributed by atoms with van der Waals surface area (Å²) >= 11 is 0. The number of hydrogen-bond acceptors (Lipinski definition) is 3. The predicted octanol–water partition coefficient (Wildman–Crippen LogP) is 4.85. The fourth-order valence-corrected chi connectivity index (χ4v) is 2.76. The van der Waals surface area contributed by atoms with Gasteiger partial charge in [0.25, 0.3) is 5.91 Å². The van der Waals surface area contributed by atoms with E-state index in [1.807, 2.05) is 62.4 Å². The second-order valence-corrected chi connectivity index (χ2v) is 6.97. The monoisotopic (exact) mass is 388 g/mol. The summed E-state index contributed by atoms with van der Waals surface area (Å²) in [7, 11) is 0. The van der Waals surface area contributed by atoms with E-state index in [1.165, 1.54) is 0 Å². The molecule has 3 aromatic rings. The van der Waals surface area contributed by atoms with Gasteiger partial charge in [0.1, 0.15) is 11.8 Å². The van der Waals surface area contributed by atoms with Crippen molar-refractivity contribution in [3.8, 4) is 11.5 Å². The Kier molecular flexibility index (Phi) is 6.29. The summed E-state index contributed by atoms with van der Waals surface area (Å²) in [6.45, 7) is 5.56. The number of hydrogen-bond donors (Lipinski definition) is 2. The van der Waals surface area contributed by atoms with E-state index in [0.717, 1.165) is 11.1 Å². The van der Waals surface area contributed by atoms with Crippen molar-refractivity contribution in [1.29, 1.82) is 0 Å². The van der Waals surface area contributed by atoms with E-state index < -0.39 is 6.04 Å².